The van der Waals surface area contributed by atoms with Gasteiger partial charge in [0.05, 0.1) is 0 Å². The number of rotatable bonds is 0. The van der Waals surface area contributed by atoms with Crippen molar-refractivity contribution in [1.82, 2.24) is 0 Å². The Balaban J connectivity index is 2.08. The normalized spacial score (nSPS) is 27.9. The molecule has 0 saturated heterocycles. The molecule has 0 aromatic heterocycles. The lowest BCUT2D eigenvalue weighted by molar-refractivity contribution is 0.418. The maximum absolute atomic E-state index is 6.25. The number of hydrogen-bond donors (Lipinski definition) is 2. The number of benzene rings is 1. The van der Waals surface area contributed by atoms with Crippen LogP contribution in [-0.2, 0) is 0 Å². The van der Waals surface area contributed by atoms with Crippen LogP contribution in [0.5, 0.6) is 0 Å². The SMILES string of the molecule is NC1c2ccccc2NCC12CC2. The number of para-hydroxylation sites is 1. The first kappa shape index (κ1) is 7.39. The molecule has 13 heavy (non-hydrogen) atoms. The minimum Gasteiger partial charge on any atom is -0.384 e. The molecule has 0 amide bonds. The number of nitrogens with two attached hydrogens (primary N) is 1. The lowest BCUT2D eigenvalue weighted by Crippen LogP contribution is -2.34. The Morgan fingerprint density at radius 1 is 1.31 bits per heavy atom. The highest BCUT2D eigenvalue weighted by molar-refractivity contribution is 5.56. The van der Waals surface area contributed by atoms with E-state index in [1.54, 1.807) is 0 Å². The quantitative estimate of drug-likeness (QED) is 0.630. The smallest absolute Gasteiger partial charge is 0.0389 e. The molecule has 2 aliphatic rings. The maximum Gasteiger partial charge on any atom is 0.0389 e. The van der Waals surface area contributed by atoms with Crippen LogP contribution in [0.4, 0.5) is 5.69 Å². The zero-order valence-electron chi connectivity index (χ0n) is 7.59. The Labute approximate surface area is 78.1 Å². The van der Waals surface area contributed by atoms with Gasteiger partial charge in [-0.2, -0.15) is 0 Å². The Hall–Kier alpha value is -1.02. The van der Waals surface area contributed by atoms with Crippen LogP contribution in [0.1, 0.15) is 24.4 Å². The zero-order valence-corrected chi connectivity index (χ0v) is 7.59. The van der Waals surface area contributed by atoms with Crippen molar-refractivity contribution in [2.45, 2.75) is 18.9 Å². The largest absolute Gasteiger partial charge is 0.384 e. The third-order valence-corrected chi connectivity index (χ3v) is 3.48. The topological polar surface area (TPSA) is 38.0 Å². The van der Waals surface area contributed by atoms with Crippen LogP contribution in [0.2, 0.25) is 0 Å². The van der Waals surface area contributed by atoms with E-state index in [2.05, 4.69) is 29.6 Å². The van der Waals surface area contributed by atoms with E-state index in [1.807, 2.05) is 0 Å². The monoisotopic (exact) mass is 174 g/mol. The van der Waals surface area contributed by atoms with Crippen molar-refractivity contribution < 1.29 is 0 Å². The molecule has 0 radical (unpaired) electrons. The fraction of sp³-hybridized carbons (Fsp3) is 0.455. The highest BCUT2D eigenvalue weighted by atomic mass is 15.0. The second kappa shape index (κ2) is 2.26. The van der Waals surface area contributed by atoms with Crippen molar-refractivity contribution in [3.05, 3.63) is 29.8 Å². The summed E-state index contributed by atoms with van der Waals surface area (Å²) in [6.45, 7) is 1.06. The fourth-order valence-electron chi connectivity index (χ4n) is 2.29. The second-order valence-corrected chi connectivity index (χ2v) is 4.28. The average Bonchev–Trinajstić information content (AvgIpc) is 2.94. The molecule has 1 aromatic rings. The van der Waals surface area contributed by atoms with Gasteiger partial charge in [-0.15, -0.1) is 0 Å². The summed E-state index contributed by atoms with van der Waals surface area (Å²) in [5.41, 5.74) is 9.17. The van der Waals surface area contributed by atoms with Gasteiger partial charge in [-0.05, 0) is 24.5 Å². The van der Waals surface area contributed by atoms with Crippen molar-refractivity contribution in [2.75, 3.05) is 11.9 Å². The van der Waals surface area contributed by atoms with Crippen molar-refractivity contribution in [1.29, 1.82) is 0 Å². The highest BCUT2D eigenvalue weighted by Gasteiger charge is 2.50. The lowest BCUT2D eigenvalue weighted by atomic mass is 9.86. The third kappa shape index (κ3) is 0.923. The van der Waals surface area contributed by atoms with Crippen LogP contribution >= 0.6 is 0 Å². The predicted octanol–water partition coefficient (Wildman–Crippen LogP) is 1.89. The van der Waals surface area contributed by atoms with Crippen molar-refractivity contribution in [2.24, 2.45) is 11.1 Å². The van der Waals surface area contributed by atoms with E-state index in [9.17, 15) is 0 Å². The van der Waals surface area contributed by atoms with Crippen molar-refractivity contribution in [3.8, 4) is 0 Å². The molecule has 3 rings (SSSR count). The molecule has 3 N–H and O–H groups in total. The van der Waals surface area contributed by atoms with E-state index in [-0.39, 0.29) is 6.04 Å². The third-order valence-electron chi connectivity index (χ3n) is 3.48. The van der Waals surface area contributed by atoms with Crippen LogP contribution in [-0.4, -0.2) is 6.54 Å². The standard InChI is InChI=1S/C11H14N2/c12-10-8-3-1-2-4-9(8)13-7-11(10)5-6-11/h1-4,10,13H,5-7,12H2. The molecule has 0 bridgehead atoms. The molecule has 1 unspecified atom stereocenters. The molecular formula is C11H14N2. The first-order valence-electron chi connectivity index (χ1n) is 4.90. The molecule has 1 atom stereocenters. The molecule has 2 nitrogen and oxygen atoms in total. The van der Waals surface area contributed by atoms with E-state index in [0.717, 1.165) is 6.54 Å². The van der Waals surface area contributed by atoms with Gasteiger partial charge < -0.3 is 11.1 Å². The van der Waals surface area contributed by atoms with Crippen LogP contribution in [0.25, 0.3) is 0 Å². The van der Waals surface area contributed by atoms with E-state index < -0.39 is 0 Å². The van der Waals surface area contributed by atoms with E-state index in [4.69, 9.17) is 5.73 Å². The van der Waals surface area contributed by atoms with Gasteiger partial charge in [-0.25, -0.2) is 0 Å². The molecule has 1 heterocycles. The van der Waals surface area contributed by atoms with Gasteiger partial charge in [0.25, 0.3) is 0 Å². The summed E-state index contributed by atoms with van der Waals surface area (Å²) in [4.78, 5) is 0. The van der Waals surface area contributed by atoms with Crippen molar-refractivity contribution >= 4 is 5.69 Å². The van der Waals surface area contributed by atoms with Crippen LogP contribution in [0.3, 0.4) is 0 Å². The molecule has 1 aliphatic heterocycles. The number of fused-ring (bicyclic) bond motifs is 1. The van der Waals surface area contributed by atoms with Gasteiger partial charge in [-0.3, -0.25) is 0 Å². The first-order valence-corrected chi connectivity index (χ1v) is 4.90. The fourth-order valence-corrected chi connectivity index (χ4v) is 2.29. The molecule has 1 aliphatic carbocycles. The zero-order chi connectivity index (χ0) is 8.89. The Bertz CT molecular complexity index is 342. The Kier molecular flexibility index (Phi) is 1.29. The molecule has 1 aromatic carbocycles. The minimum absolute atomic E-state index is 0.255. The van der Waals surface area contributed by atoms with E-state index in [0.29, 0.717) is 5.41 Å². The minimum atomic E-state index is 0.255. The lowest BCUT2D eigenvalue weighted by Gasteiger charge is -2.32. The number of anilines is 1. The van der Waals surface area contributed by atoms with Gasteiger partial charge in [0.1, 0.15) is 0 Å². The summed E-state index contributed by atoms with van der Waals surface area (Å²) < 4.78 is 0. The van der Waals surface area contributed by atoms with Gasteiger partial charge in [0.15, 0.2) is 0 Å². The molecule has 1 saturated carbocycles. The summed E-state index contributed by atoms with van der Waals surface area (Å²) in [5.74, 6) is 0. The van der Waals surface area contributed by atoms with Crippen LogP contribution < -0.4 is 11.1 Å². The summed E-state index contributed by atoms with van der Waals surface area (Å²) in [6, 6.07) is 8.65. The van der Waals surface area contributed by atoms with Gasteiger partial charge in [0, 0.05) is 23.7 Å². The van der Waals surface area contributed by atoms with Crippen molar-refractivity contribution in [3.63, 3.8) is 0 Å². The summed E-state index contributed by atoms with van der Waals surface area (Å²) in [6.07, 6.45) is 2.57. The maximum atomic E-state index is 6.25. The van der Waals surface area contributed by atoms with E-state index in [1.165, 1.54) is 24.1 Å². The predicted molar refractivity (Wildman–Crippen MR) is 53.5 cm³/mol. The van der Waals surface area contributed by atoms with Gasteiger partial charge in [-0.1, -0.05) is 18.2 Å². The highest BCUT2D eigenvalue weighted by Crippen LogP contribution is 2.56. The number of nitrogens with one attached hydrogen (secondary N) is 1. The molecule has 2 heteroatoms. The Morgan fingerprint density at radius 3 is 2.85 bits per heavy atom. The second-order valence-electron chi connectivity index (χ2n) is 4.28. The van der Waals surface area contributed by atoms with Crippen LogP contribution in [0.15, 0.2) is 24.3 Å². The number of hydrogen-bond acceptors (Lipinski definition) is 2. The van der Waals surface area contributed by atoms with Gasteiger partial charge >= 0.3 is 0 Å². The molecule has 1 fully saturated rings. The molecule has 68 valence electrons. The Morgan fingerprint density at radius 2 is 2.08 bits per heavy atom. The summed E-state index contributed by atoms with van der Waals surface area (Å²) >= 11 is 0. The molecule has 1 spiro atoms. The summed E-state index contributed by atoms with van der Waals surface area (Å²) in [5, 5.41) is 3.47. The van der Waals surface area contributed by atoms with E-state index >= 15 is 0 Å². The van der Waals surface area contributed by atoms with Gasteiger partial charge in [0.2, 0.25) is 0 Å². The first-order chi connectivity index (χ1) is 6.32. The van der Waals surface area contributed by atoms with Crippen LogP contribution in [0, 0.1) is 5.41 Å². The average molecular weight is 174 g/mol. The summed E-state index contributed by atoms with van der Waals surface area (Å²) in [7, 11) is 0. The molecular weight excluding hydrogens is 160 g/mol.